The van der Waals surface area contributed by atoms with Crippen LogP contribution in [0.2, 0.25) is 0 Å². The highest BCUT2D eigenvalue weighted by molar-refractivity contribution is 7.89. The van der Waals surface area contributed by atoms with E-state index in [1.807, 2.05) is 6.92 Å². The monoisotopic (exact) mass is 362 g/mol. The van der Waals surface area contributed by atoms with Crippen molar-refractivity contribution in [2.75, 3.05) is 0 Å². The number of halogens is 1. The maximum atomic E-state index is 13.0. The van der Waals surface area contributed by atoms with E-state index in [0.717, 1.165) is 26.7 Å². The normalized spacial score (nSPS) is 11.6. The van der Waals surface area contributed by atoms with Crippen molar-refractivity contribution in [1.29, 1.82) is 0 Å². The Bertz CT molecular complexity index is 963. The summed E-state index contributed by atoms with van der Waals surface area (Å²) in [4.78, 5) is 5.75. The Labute approximate surface area is 143 Å². The molecule has 1 heterocycles. The molecule has 2 aromatic carbocycles. The van der Waals surface area contributed by atoms with Gasteiger partial charge in [0.05, 0.1) is 15.6 Å². The molecule has 4 nitrogen and oxygen atoms in total. The van der Waals surface area contributed by atoms with Gasteiger partial charge in [-0.15, -0.1) is 11.3 Å². The molecule has 0 unspecified atom stereocenters. The summed E-state index contributed by atoms with van der Waals surface area (Å²) in [5.41, 5.74) is 2.64. The van der Waals surface area contributed by atoms with Crippen molar-refractivity contribution < 1.29 is 12.8 Å². The minimum Gasteiger partial charge on any atom is -0.241 e. The van der Waals surface area contributed by atoms with E-state index < -0.39 is 10.0 Å². The van der Waals surface area contributed by atoms with Gasteiger partial charge in [0.2, 0.25) is 10.0 Å². The third-order valence-electron chi connectivity index (χ3n) is 3.57. The predicted molar refractivity (Wildman–Crippen MR) is 92.9 cm³/mol. The largest absolute Gasteiger partial charge is 0.241 e. The van der Waals surface area contributed by atoms with Crippen LogP contribution in [0.1, 0.15) is 15.4 Å². The second-order valence-corrected chi connectivity index (χ2v) is 8.23. The maximum Gasteiger partial charge on any atom is 0.238 e. The Balaban J connectivity index is 1.87. The molecule has 0 saturated heterocycles. The molecule has 1 aromatic heterocycles. The summed E-state index contributed by atoms with van der Waals surface area (Å²) in [6.45, 7) is 1.97. The summed E-state index contributed by atoms with van der Waals surface area (Å²) in [6.07, 6.45) is 0.626. The lowest BCUT2D eigenvalue weighted by molar-refractivity contribution is 0.598. The van der Waals surface area contributed by atoms with Gasteiger partial charge in [0, 0.05) is 16.9 Å². The minimum absolute atomic E-state index is 0.0747. The van der Waals surface area contributed by atoms with Crippen LogP contribution in [-0.2, 0) is 16.4 Å². The van der Waals surface area contributed by atoms with Gasteiger partial charge in [-0.2, -0.15) is 0 Å². The highest BCUT2D eigenvalue weighted by Crippen LogP contribution is 2.29. The molecule has 0 aliphatic rings. The molecule has 2 N–H and O–H groups in total. The Kier molecular flexibility index (Phi) is 4.49. The summed E-state index contributed by atoms with van der Waals surface area (Å²) < 4.78 is 35.6. The van der Waals surface area contributed by atoms with E-state index in [4.69, 9.17) is 5.14 Å². The smallest absolute Gasteiger partial charge is 0.238 e. The lowest BCUT2D eigenvalue weighted by Gasteiger charge is -2.01. The average molecular weight is 362 g/mol. The van der Waals surface area contributed by atoms with E-state index in [1.165, 1.54) is 24.3 Å². The van der Waals surface area contributed by atoms with Crippen LogP contribution in [0, 0.1) is 12.7 Å². The third-order valence-corrected chi connectivity index (χ3v) is 5.47. The van der Waals surface area contributed by atoms with Gasteiger partial charge >= 0.3 is 0 Å². The van der Waals surface area contributed by atoms with Crippen LogP contribution >= 0.6 is 11.3 Å². The number of hydrogen-bond donors (Lipinski definition) is 1. The topological polar surface area (TPSA) is 73.0 Å². The van der Waals surface area contributed by atoms with Crippen molar-refractivity contribution in [1.82, 2.24) is 4.98 Å². The first-order valence-electron chi connectivity index (χ1n) is 7.17. The zero-order valence-corrected chi connectivity index (χ0v) is 14.5. The Morgan fingerprint density at radius 2 is 1.71 bits per heavy atom. The SMILES string of the molecule is Cc1sc(Cc2ccc(F)cc2)nc1-c1ccc(S(N)(=O)=O)cc1. The van der Waals surface area contributed by atoms with Crippen LogP contribution in [-0.4, -0.2) is 13.4 Å². The lowest BCUT2D eigenvalue weighted by atomic mass is 10.1. The fourth-order valence-corrected chi connectivity index (χ4v) is 3.88. The first-order chi connectivity index (χ1) is 11.3. The van der Waals surface area contributed by atoms with Gasteiger partial charge in [0.1, 0.15) is 5.82 Å². The predicted octanol–water partition coefficient (Wildman–Crippen LogP) is 3.50. The minimum atomic E-state index is -3.70. The molecule has 0 spiro atoms. The molecule has 7 heteroatoms. The second-order valence-electron chi connectivity index (χ2n) is 5.39. The van der Waals surface area contributed by atoms with Gasteiger partial charge in [-0.05, 0) is 36.8 Å². The van der Waals surface area contributed by atoms with Crippen molar-refractivity contribution in [2.24, 2.45) is 5.14 Å². The van der Waals surface area contributed by atoms with E-state index in [9.17, 15) is 12.8 Å². The number of nitrogens with zero attached hydrogens (tertiary/aromatic N) is 1. The molecule has 3 aromatic rings. The van der Waals surface area contributed by atoms with E-state index in [2.05, 4.69) is 4.98 Å². The summed E-state index contributed by atoms with van der Waals surface area (Å²) in [5.74, 6) is -0.260. The molecule has 3 rings (SSSR count). The van der Waals surface area contributed by atoms with Crippen molar-refractivity contribution in [3.63, 3.8) is 0 Å². The molecule has 0 aliphatic carbocycles. The first kappa shape index (κ1) is 16.8. The van der Waals surface area contributed by atoms with Crippen molar-refractivity contribution in [3.05, 3.63) is 69.8 Å². The molecule has 0 bridgehead atoms. The van der Waals surface area contributed by atoms with Gasteiger partial charge in [-0.1, -0.05) is 24.3 Å². The second kappa shape index (κ2) is 6.43. The third kappa shape index (κ3) is 3.69. The number of benzene rings is 2. The van der Waals surface area contributed by atoms with Crippen LogP contribution in [0.4, 0.5) is 4.39 Å². The van der Waals surface area contributed by atoms with Gasteiger partial charge in [-0.3, -0.25) is 0 Å². The summed E-state index contributed by atoms with van der Waals surface area (Å²) in [6, 6.07) is 12.7. The van der Waals surface area contributed by atoms with Crippen LogP contribution in [0.15, 0.2) is 53.4 Å². The average Bonchev–Trinajstić information content (AvgIpc) is 2.89. The Hall–Kier alpha value is -2.09. The van der Waals surface area contributed by atoms with E-state index in [-0.39, 0.29) is 10.7 Å². The molecule has 0 fully saturated rings. The number of nitrogens with two attached hydrogens (primary N) is 1. The van der Waals surface area contributed by atoms with Crippen LogP contribution in [0.25, 0.3) is 11.3 Å². The van der Waals surface area contributed by atoms with Crippen LogP contribution in [0.5, 0.6) is 0 Å². The molecule has 0 aliphatic heterocycles. The molecule has 0 amide bonds. The number of rotatable bonds is 4. The number of aromatic nitrogens is 1. The molecule has 124 valence electrons. The summed E-state index contributed by atoms with van der Waals surface area (Å²) in [5, 5.41) is 6.03. The molecule has 24 heavy (non-hydrogen) atoms. The zero-order valence-electron chi connectivity index (χ0n) is 12.9. The lowest BCUT2D eigenvalue weighted by Crippen LogP contribution is -2.11. The number of sulfonamides is 1. The molecular formula is C17H15FN2O2S2. The van der Waals surface area contributed by atoms with Crippen LogP contribution < -0.4 is 5.14 Å². The molecule has 0 atom stereocenters. The summed E-state index contributed by atoms with van der Waals surface area (Å²) in [7, 11) is -3.70. The van der Waals surface area contributed by atoms with Crippen molar-refractivity contribution in [2.45, 2.75) is 18.2 Å². The number of thiazole rings is 1. The van der Waals surface area contributed by atoms with Gasteiger partial charge < -0.3 is 0 Å². The number of aryl methyl sites for hydroxylation is 1. The number of hydrogen-bond acceptors (Lipinski definition) is 4. The van der Waals surface area contributed by atoms with Crippen LogP contribution in [0.3, 0.4) is 0 Å². The van der Waals surface area contributed by atoms with Crippen molar-refractivity contribution >= 4 is 21.4 Å². The fourth-order valence-electron chi connectivity index (χ4n) is 2.37. The Morgan fingerprint density at radius 3 is 2.29 bits per heavy atom. The van der Waals surface area contributed by atoms with Gasteiger partial charge in [0.25, 0.3) is 0 Å². The maximum absolute atomic E-state index is 13.0. The van der Waals surface area contributed by atoms with Gasteiger partial charge in [-0.25, -0.2) is 22.9 Å². The quantitative estimate of drug-likeness (QED) is 0.772. The molecule has 0 saturated carbocycles. The highest BCUT2D eigenvalue weighted by atomic mass is 32.2. The molecular weight excluding hydrogens is 347 g/mol. The van der Waals surface area contributed by atoms with Gasteiger partial charge in [0.15, 0.2) is 0 Å². The molecule has 0 radical (unpaired) electrons. The van der Waals surface area contributed by atoms with Crippen molar-refractivity contribution in [3.8, 4) is 11.3 Å². The van der Waals surface area contributed by atoms with E-state index in [1.54, 1.807) is 35.6 Å². The summed E-state index contributed by atoms with van der Waals surface area (Å²) >= 11 is 1.57. The zero-order chi connectivity index (χ0) is 17.3. The van der Waals surface area contributed by atoms with E-state index in [0.29, 0.717) is 6.42 Å². The standard InChI is InChI=1S/C17H15FN2O2S2/c1-11-17(13-4-8-15(9-5-13)24(19,21)22)20-16(23-11)10-12-2-6-14(18)7-3-12/h2-9H,10H2,1H3,(H2,19,21,22). The highest BCUT2D eigenvalue weighted by Gasteiger charge is 2.12. The number of primary sulfonamides is 1. The fraction of sp³-hybridized carbons (Fsp3) is 0.118. The Morgan fingerprint density at radius 1 is 1.08 bits per heavy atom. The first-order valence-corrected chi connectivity index (χ1v) is 9.53. The van der Waals surface area contributed by atoms with E-state index >= 15 is 0 Å².